The van der Waals surface area contributed by atoms with Crippen LogP contribution >= 0.6 is 0 Å². The Morgan fingerprint density at radius 2 is 1.89 bits per heavy atom. The maximum atomic E-state index is 11.9. The minimum absolute atomic E-state index is 0.107. The Bertz CT molecular complexity index is 444. The minimum Gasteiger partial charge on any atom is -0.481 e. The Balaban J connectivity index is 2.78. The van der Waals surface area contributed by atoms with Crippen LogP contribution in [0.3, 0.4) is 0 Å². The third-order valence-corrected chi connectivity index (χ3v) is 3.46. The van der Waals surface area contributed by atoms with Crippen molar-refractivity contribution in [2.45, 2.75) is 26.4 Å². The second kappa shape index (κ2) is 6.33. The number of aliphatic hydroxyl groups is 1. The lowest BCUT2D eigenvalue weighted by Gasteiger charge is -2.31. The summed E-state index contributed by atoms with van der Waals surface area (Å²) in [4.78, 5) is 23.2. The van der Waals surface area contributed by atoms with Gasteiger partial charge in [-0.2, -0.15) is 0 Å². The summed E-state index contributed by atoms with van der Waals surface area (Å²) in [5, 5.41) is 21.5. The van der Waals surface area contributed by atoms with E-state index in [1.807, 2.05) is 0 Å². The minimum atomic E-state index is -1.36. The van der Waals surface area contributed by atoms with Gasteiger partial charge in [0.1, 0.15) is 5.41 Å². The molecule has 1 rings (SSSR count). The van der Waals surface area contributed by atoms with Crippen LogP contribution in [0.5, 0.6) is 0 Å². The van der Waals surface area contributed by atoms with Gasteiger partial charge in [0, 0.05) is 12.1 Å². The molecule has 0 saturated heterocycles. The lowest BCUT2D eigenvalue weighted by molar-refractivity contribution is -0.155. The molecule has 104 valence electrons. The van der Waals surface area contributed by atoms with Crippen LogP contribution in [-0.2, 0) is 4.79 Å². The van der Waals surface area contributed by atoms with Crippen molar-refractivity contribution in [1.29, 1.82) is 0 Å². The smallest absolute Gasteiger partial charge is 0.314 e. The van der Waals surface area contributed by atoms with Gasteiger partial charge in [-0.25, -0.2) is 0 Å². The van der Waals surface area contributed by atoms with E-state index in [9.17, 15) is 19.8 Å². The van der Waals surface area contributed by atoms with Gasteiger partial charge >= 0.3 is 5.97 Å². The van der Waals surface area contributed by atoms with Crippen molar-refractivity contribution in [3.05, 3.63) is 35.9 Å². The number of hydrogen-bond acceptors (Lipinski definition) is 3. The Morgan fingerprint density at radius 3 is 2.32 bits per heavy atom. The molecule has 2 atom stereocenters. The summed E-state index contributed by atoms with van der Waals surface area (Å²) in [5.41, 5.74) is -0.895. The van der Waals surface area contributed by atoms with E-state index in [4.69, 9.17) is 0 Å². The largest absolute Gasteiger partial charge is 0.481 e. The second-order valence-electron chi connectivity index (χ2n) is 4.54. The molecule has 0 fully saturated rings. The van der Waals surface area contributed by atoms with Crippen molar-refractivity contribution in [1.82, 2.24) is 5.32 Å². The first-order valence-corrected chi connectivity index (χ1v) is 6.18. The molecule has 0 bridgehead atoms. The zero-order valence-corrected chi connectivity index (χ0v) is 11.1. The molecule has 5 nitrogen and oxygen atoms in total. The van der Waals surface area contributed by atoms with Crippen LogP contribution in [0, 0.1) is 5.41 Å². The third-order valence-electron chi connectivity index (χ3n) is 3.46. The highest BCUT2D eigenvalue weighted by Crippen LogP contribution is 2.26. The maximum absolute atomic E-state index is 11.9. The average molecular weight is 265 g/mol. The van der Waals surface area contributed by atoms with Crippen LogP contribution in [-0.4, -0.2) is 34.7 Å². The molecular weight excluding hydrogens is 246 g/mol. The average Bonchev–Trinajstić information content (AvgIpc) is 2.40. The van der Waals surface area contributed by atoms with Gasteiger partial charge in [0.25, 0.3) is 5.91 Å². The number of rotatable bonds is 6. The molecule has 3 N–H and O–H groups in total. The van der Waals surface area contributed by atoms with Gasteiger partial charge in [0.15, 0.2) is 0 Å². The first kappa shape index (κ1) is 15.2. The molecule has 0 spiro atoms. The lowest BCUT2D eigenvalue weighted by Crippen LogP contribution is -2.49. The zero-order valence-electron chi connectivity index (χ0n) is 11.1. The van der Waals surface area contributed by atoms with Gasteiger partial charge in [-0.05, 0) is 25.5 Å². The fourth-order valence-electron chi connectivity index (χ4n) is 1.90. The van der Waals surface area contributed by atoms with E-state index >= 15 is 0 Å². The van der Waals surface area contributed by atoms with E-state index < -0.39 is 17.5 Å². The predicted molar refractivity (Wildman–Crippen MR) is 70.8 cm³/mol. The number of aliphatic hydroxyl groups excluding tert-OH is 1. The Kier molecular flexibility index (Phi) is 5.06. The number of carboxylic acid groups (broad SMARTS) is 1. The topological polar surface area (TPSA) is 86.6 Å². The van der Waals surface area contributed by atoms with Crippen molar-refractivity contribution in [2.24, 2.45) is 5.41 Å². The standard InChI is InChI=1S/C14H19NO4/c1-3-14(10(2)16,13(18)19)9-15-12(17)11-7-5-4-6-8-11/h4-8,10,16H,3,9H2,1-2H3,(H,15,17)(H,18,19)/t10-,14+/m1/s1. The first-order chi connectivity index (χ1) is 8.94. The zero-order chi connectivity index (χ0) is 14.5. The number of carboxylic acids is 1. The van der Waals surface area contributed by atoms with Crippen molar-refractivity contribution < 1.29 is 19.8 Å². The van der Waals surface area contributed by atoms with Crippen molar-refractivity contribution in [3.8, 4) is 0 Å². The monoisotopic (exact) mass is 265 g/mol. The van der Waals surface area contributed by atoms with E-state index in [0.29, 0.717) is 5.56 Å². The molecule has 0 aliphatic heterocycles. The van der Waals surface area contributed by atoms with E-state index in [1.165, 1.54) is 6.92 Å². The van der Waals surface area contributed by atoms with Crippen LogP contribution in [0.1, 0.15) is 30.6 Å². The molecule has 1 aromatic carbocycles. The molecule has 0 aliphatic rings. The van der Waals surface area contributed by atoms with E-state index in [1.54, 1.807) is 37.3 Å². The molecule has 0 unspecified atom stereocenters. The summed E-state index contributed by atoms with van der Waals surface area (Å²) in [6.07, 6.45) is -0.819. The molecule has 19 heavy (non-hydrogen) atoms. The van der Waals surface area contributed by atoms with E-state index in [-0.39, 0.29) is 18.9 Å². The van der Waals surface area contributed by atoms with Crippen molar-refractivity contribution in [3.63, 3.8) is 0 Å². The summed E-state index contributed by atoms with van der Waals surface area (Å²) in [6, 6.07) is 8.54. The number of hydrogen-bond donors (Lipinski definition) is 3. The van der Waals surface area contributed by atoms with Crippen molar-refractivity contribution in [2.75, 3.05) is 6.54 Å². The molecule has 0 aromatic heterocycles. The van der Waals surface area contributed by atoms with Crippen molar-refractivity contribution >= 4 is 11.9 Å². The molecule has 0 heterocycles. The van der Waals surface area contributed by atoms with E-state index in [2.05, 4.69) is 5.32 Å². The predicted octanol–water partition coefficient (Wildman–Crippen LogP) is 1.28. The molecule has 1 amide bonds. The molecule has 5 heteroatoms. The number of aliphatic carboxylic acids is 1. The normalized spacial score (nSPS) is 15.3. The quantitative estimate of drug-likeness (QED) is 0.723. The summed E-state index contributed by atoms with van der Waals surface area (Å²) in [7, 11) is 0. The Labute approximate surface area is 112 Å². The highest BCUT2D eigenvalue weighted by molar-refractivity contribution is 5.94. The third kappa shape index (κ3) is 3.32. The Hall–Kier alpha value is -1.88. The lowest BCUT2D eigenvalue weighted by atomic mass is 9.80. The van der Waals surface area contributed by atoms with Crippen LogP contribution in [0.15, 0.2) is 30.3 Å². The first-order valence-electron chi connectivity index (χ1n) is 6.18. The van der Waals surface area contributed by atoms with Gasteiger partial charge < -0.3 is 15.5 Å². The van der Waals surface area contributed by atoms with E-state index in [0.717, 1.165) is 0 Å². The molecule has 0 radical (unpaired) electrons. The van der Waals surface area contributed by atoms with Crippen LogP contribution in [0.4, 0.5) is 0 Å². The van der Waals surface area contributed by atoms with Crippen LogP contribution in [0.25, 0.3) is 0 Å². The highest BCUT2D eigenvalue weighted by atomic mass is 16.4. The van der Waals surface area contributed by atoms with Gasteiger partial charge in [0.2, 0.25) is 0 Å². The fraction of sp³-hybridized carbons (Fsp3) is 0.429. The number of amides is 1. The highest BCUT2D eigenvalue weighted by Gasteiger charge is 2.41. The summed E-state index contributed by atoms with van der Waals surface area (Å²) in [5.74, 6) is -1.46. The summed E-state index contributed by atoms with van der Waals surface area (Å²) in [6.45, 7) is 2.99. The molecule has 0 saturated carbocycles. The van der Waals surface area contributed by atoms with Gasteiger partial charge in [-0.3, -0.25) is 9.59 Å². The molecular formula is C14H19NO4. The van der Waals surface area contributed by atoms with Gasteiger partial charge in [-0.1, -0.05) is 25.1 Å². The van der Waals surface area contributed by atoms with Crippen LogP contribution in [0.2, 0.25) is 0 Å². The maximum Gasteiger partial charge on any atom is 0.314 e. The second-order valence-corrected chi connectivity index (χ2v) is 4.54. The molecule has 1 aromatic rings. The van der Waals surface area contributed by atoms with Gasteiger partial charge in [0.05, 0.1) is 6.10 Å². The SMILES string of the molecule is CC[C@@](CNC(=O)c1ccccc1)(C(=O)O)[C@@H](C)O. The number of nitrogens with one attached hydrogen (secondary N) is 1. The number of benzene rings is 1. The fourth-order valence-corrected chi connectivity index (χ4v) is 1.90. The van der Waals surface area contributed by atoms with Crippen LogP contribution < -0.4 is 5.32 Å². The summed E-state index contributed by atoms with van der Waals surface area (Å²) >= 11 is 0. The molecule has 0 aliphatic carbocycles. The van der Waals surface area contributed by atoms with Gasteiger partial charge in [-0.15, -0.1) is 0 Å². The number of carbonyl (C=O) groups is 2. The summed E-state index contributed by atoms with van der Waals surface area (Å²) < 4.78 is 0. The number of carbonyl (C=O) groups excluding carboxylic acids is 1. The Morgan fingerprint density at radius 1 is 1.32 bits per heavy atom.